The van der Waals surface area contributed by atoms with Crippen molar-refractivity contribution in [1.82, 2.24) is 4.90 Å². The van der Waals surface area contributed by atoms with E-state index in [-0.39, 0.29) is 23.1 Å². The highest BCUT2D eigenvalue weighted by molar-refractivity contribution is 5.99. The maximum Gasteiger partial charge on any atom is 0.337 e. The Morgan fingerprint density at radius 1 is 1.25 bits per heavy atom. The van der Waals surface area contributed by atoms with Crippen molar-refractivity contribution in [2.45, 2.75) is 33.7 Å². The number of hydrogen-bond acceptors (Lipinski definition) is 2. The first-order chi connectivity index (χ1) is 9.14. The molecule has 1 aromatic carbocycles. The molecule has 0 radical (unpaired) electrons. The van der Waals surface area contributed by atoms with Gasteiger partial charge in [0.2, 0.25) is 0 Å². The fraction of sp³-hybridized carbons (Fsp3) is 0.467. The number of carbonyl (C=O) groups excluding carboxylic acids is 1. The van der Waals surface area contributed by atoms with Crippen molar-refractivity contribution in [3.8, 4) is 0 Å². The van der Waals surface area contributed by atoms with E-state index in [0.717, 1.165) is 0 Å². The van der Waals surface area contributed by atoms with Crippen LogP contribution in [-0.4, -0.2) is 35.1 Å². The standard InChI is InChI=1S/C15H22N2O3/c1-10(15(2,3)4)17(5)14(20)16-12-9-7-6-8-11(12)13(18)19/h6-10H,1-5H3,(H,16,20)(H,18,19). The number of carboxylic acid groups (broad SMARTS) is 1. The molecule has 5 heteroatoms. The van der Waals surface area contributed by atoms with Gasteiger partial charge in [0.25, 0.3) is 0 Å². The molecule has 110 valence electrons. The van der Waals surface area contributed by atoms with E-state index < -0.39 is 5.97 Å². The molecule has 0 spiro atoms. The Kier molecular flexibility index (Phi) is 4.76. The molecule has 0 bridgehead atoms. The van der Waals surface area contributed by atoms with E-state index in [0.29, 0.717) is 5.69 Å². The Morgan fingerprint density at radius 2 is 1.80 bits per heavy atom. The van der Waals surface area contributed by atoms with Crippen LogP contribution in [0.1, 0.15) is 38.1 Å². The molecule has 1 unspecified atom stereocenters. The molecule has 2 amide bonds. The first-order valence-electron chi connectivity index (χ1n) is 6.50. The molecule has 0 fully saturated rings. The van der Waals surface area contributed by atoms with Gasteiger partial charge in [-0.3, -0.25) is 0 Å². The topological polar surface area (TPSA) is 69.6 Å². The van der Waals surface area contributed by atoms with Crippen LogP contribution in [0.3, 0.4) is 0 Å². The molecule has 5 nitrogen and oxygen atoms in total. The summed E-state index contributed by atoms with van der Waals surface area (Å²) in [7, 11) is 1.70. The van der Waals surface area contributed by atoms with Crippen molar-refractivity contribution in [3.05, 3.63) is 29.8 Å². The van der Waals surface area contributed by atoms with Gasteiger partial charge in [0, 0.05) is 13.1 Å². The predicted molar refractivity (Wildman–Crippen MR) is 79.1 cm³/mol. The number of amides is 2. The average molecular weight is 278 g/mol. The summed E-state index contributed by atoms with van der Waals surface area (Å²) in [5.74, 6) is -1.06. The van der Waals surface area contributed by atoms with Gasteiger partial charge in [-0.1, -0.05) is 32.9 Å². The minimum atomic E-state index is -1.06. The van der Waals surface area contributed by atoms with Gasteiger partial charge in [-0.25, -0.2) is 9.59 Å². The number of anilines is 1. The monoisotopic (exact) mass is 278 g/mol. The molecule has 20 heavy (non-hydrogen) atoms. The van der Waals surface area contributed by atoms with Crippen molar-refractivity contribution in [3.63, 3.8) is 0 Å². The van der Waals surface area contributed by atoms with Crippen LogP contribution in [-0.2, 0) is 0 Å². The molecule has 0 heterocycles. The third-order valence-electron chi connectivity index (χ3n) is 3.55. The lowest BCUT2D eigenvalue weighted by Crippen LogP contribution is -2.45. The number of carbonyl (C=O) groups is 2. The third-order valence-corrected chi connectivity index (χ3v) is 3.55. The molecule has 0 aliphatic carbocycles. The molecule has 1 rings (SSSR count). The highest BCUT2D eigenvalue weighted by atomic mass is 16.4. The van der Waals surface area contributed by atoms with Crippen LogP contribution in [0.4, 0.5) is 10.5 Å². The van der Waals surface area contributed by atoms with Crippen LogP contribution in [0.25, 0.3) is 0 Å². The minimum Gasteiger partial charge on any atom is -0.478 e. The van der Waals surface area contributed by atoms with E-state index in [4.69, 9.17) is 5.11 Å². The zero-order valence-electron chi connectivity index (χ0n) is 12.6. The van der Waals surface area contributed by atoms with Gasteiger partial charge in [-0.05, 0) is 24.5 Å². The van der Waals surface area contributed by atoms with E-state index in [9.17, 15) is 9.59 Å². The van der Waals surface area contributed by atoms with Gasteiger partial charge < -0.3 is 15.3 Å². The van der Waals surface area contributed by atoms with Gasteiger partial charge >= 0.3 is 12.0 Å². The number of hydrogen-bond donors (Lipinski definition) is 2. The van der Waals surface area contributed by atoms with Crippen LogP contribution in [0.2, 0.25) is 0 Å². The Labute approximate surface area is 119 Å². The maximum absolute atomic E-state index is 12.2. The maximum atomic E-state index is 12.2. The Hall–Kier alpha value is -2.04. The number of carboxylic acids is 1. The summed E-state index contributed by atoms with van der Waals surface area (Å²) in [6.45, 7) is 8.11. The second-order valence-corrected chi connectivity index (χ2v) is 5.93. The summed E-state index contributed by atoms with van der Waals surface area (Å²) in [5, 5.41) is 11.7. The van der Waals surface area contributed by atoms with Gasteiger partial charge in [0.05, 0.1) is 11.3 Å². The summed E-state index contributed by atoms with van der Waals surface area (Å²) in [4.78, 5) is 24.9. The first kappa shape index (κ1) is 16.0. The van der Waals surface area contributed by atoms with E-state index in [1.807, 2.05) is 27.7 Å². The summed E-state index contributed by atoms with van der Waals surface area (Å²) < 4.78 is 0. The van der Waals surface area contributed by atoms with Gasteiger partial charge in [-0.2, -0.15) is 0 Å². The highest BCUT2D eigenvalue weighted by Crippen LogP contribution is 2.24. The van der Waals surface area contributed by atoms with Gasteiger partial charge in [-0.15, -0.1) is 0 Å². The molecular weight excluding hydrogens is 256 g/mol. The van der Waals surface area contributed by atoms with Crippen LogP contribution in [0.5, 0.6) is 0 Å². The van der Waals surface area contributed by atoms with Crippen LogP contribution < -0.4 is 5.32 Å². The largest absolute Gasteiger partial charge is 0.478 e. The predicted octanol–water partition coefficient (Wildman–Crippen LogP) is 3.28. The van der Waals surface area contributed by atoms with E-state index in [2.05, 4.69) is 5.32 Å². The molecule has 0 aliphatic rings. The second-order valence-electron chi connectivity index (χ2n) is 5.93. The molecule has 0 saturated heterocycles. The molecule has 1 aromatic rings. The van der Waals surface area contributed by atoms with E-state index in [1.54, 1.807) is 30.1 Å². The van der Waals surface area contributed by atoms with Crippen molar-refractivity contribution in [2.75, 3.05) is 12.4 Å². The minimum absolute atomic E-state index is 0.0134. The molecule has 0 saturated carbocycles. The normalized spacial score (nSPS) is 12.7. The molecule has 0 aliphatic heterocycles. The number of benzene rings is 1. The first-order valence-corrected chi connectivity index (χ1v) is 6.50. The Balaban J connectivity index is 2.89. The van der Waals surface area contributed by atoms with E-state index >= 15 is 0 Å². The smallest absolute Gasteiger partial charge is 0.337 e. The van der Waals surface area contributed by atoms with Crippen LogP contribution in [0.15, 0.2) is 24.3 Å². The van der Waals surface area contributed by atoms with Crippen LogP contribution in [0, 0.1) is 5.41 Å². The van der Waals surface area contributed by atoms with Crippen molar-refractivity contribution < 1.29 is 14.7 Å². The Bertz CT molecular complexity index is 506. The number of nitrogens with zero attached hydrogens (tertiary/aromatic N) is 1. The van der Waals surface area contributed by atoms with Crippen molar-refractivity contribution in [1.29, 1.82) is 0 Å². The molecule has 1 atom stereocenters. The van der Waals surface area contributed by atoms with Crippen molar-refractivity contribution >= 4 is 17.7 Å². The number of nitrogens with one attached hydrogen (secondary N) is 1. The second kappa shape index (κ2) is 5.94. The summed E-state index contributed by atoms with van der Waals surface area (Å²) in [5.41, 5.74) is 0.328. The SMILES string of the molecule is CC(N(C)C(=O)Nc1ccccc1C(=O)O)C(C)(C)C. The lowest BCUT2D eigenvalue weighted by Gasteiger charge is -2.35. The fourth-order valence-corrected chi connectivity index (χ4v) is 1.74. The quantitative estimate of drug-likeness (QED) is 0.891. The average Bonchev–Trinajstić information content (AvgIpc) is 2.36. The van der Waals surface area contributed by atoms with Crippen LogP contribution >= 0.6 is 0 Å². The highest BCUT2D eigenvalue weighted by Gasteiger charge is 2.27. The zero-order chi connectivity index (χ0) is 15.5. The lowest BCUT2D eigenvalue weighted by molar-refractivity contribution is 0.0698. The van der Waals surface area contributed by atoms with Crippen molar-refractivity contribution in [2.24, 2.45) is 5.41 Å². The third kappa shape index (κ3) is 3.73. The van der Waals surface area contributed by atoms with E-state index in [1.165, 1.54) is 6.07 Å². The summed E-state index contributed by atoms with van der Waals surface area (Å²) in [6, 6.07) is 6.05. The molecule has 0 aromatic heterocycles. The van der Waals surface area contributed by atoms with Gasteiger partial charge in [0.15, 0.2) is 0 Å². The number of urea groups is 1. The number of rotatable bonds is 3. The summed E-state index contributed by atoms with van der Waals surface area (Å²) >= 11 is 0. The lowest BCUT2D eigenvalue weighted by atomic mass is 9.87. The summed E-state index contributed by atoms with van der Waals surface area (Å²) in [6.07, 6.45) is 0. The molecule has 2 N–H and O–H groups in total. The number of aromatic carboxylic acids is 1. The Morgan fingerprint density at radius 3 is 2.30 bits per heavy atom. The fourth-order valence-electron chi connectivity index (χ4n) is 1.74. The zero-order valence-corrected chi connectivity index (χ0v) is 12.6. The van der Waals surface area contributed by atoms with Gasteiger partial charge in [0.1, 0.15) is 0 Å². The number of para-hydroxylation sites is 1. The molecular formula is C15H22N2O3.